The van der Waals surface area contributed by atoms with Gasteiger partial charge in [-0.3, -0.25) is 14.4 Å². The van der Waals surface area contributed by atoms with Crippen molar-refractivity contribution in [2.75, 3.05) is 59.3 Å². The number of aliphatic hydroxyl groups excluding tert-OH is 4. The standard InChI is InChI=1S/C80H82N8O25S/c1-5-50-52-31-48(15-17-60(52)84-68-54(50)35-87-62(68)33-58-56(74(87)94)41-108-77(96)79(58,98)7-3)105-39-44-11-19-64(46(29-44)40-106-49-16-18-61-53(32-49)51(6-2)55-36-88-63(69(55)85-61)34-59-57(75(88)95)42-109-78(97)80(59,99)8-4)107-38-43-9-13-47(14-10-43)112-114(100,101)113-66-30-45(12-20-65(66)110-76-72(92)71(91)70(90)67(37-89)111-76)73(93)82-21-23-102-25-27-104-28-26-103-24-22-83-86-81/h9-20,29-34,67,70-72,76,89-92,98-99H,5-8,21-28,35-42H2,1-4H3,(H,82,93)/t67-,70+,71+,72-,76?,79+,80+/m1/s1. The van der Waals surface area contributed by atoms with E-state index in [4.69, 9.17) is 71.2 Å². The predicted octanol–water partition coefficient (Wildman–Crippen LogP) is 6.31. The first-order valence-electron chi connectivity index (χ1n) is 37.1. The van der Waals surface area contributed by atoms with Crippen LogP contribution in [-0.4, -0.2) is 166 Å². The molecule has 598 valence electrons. The monoisotopic (exact) mass is 1590 g/mol. The molecule has 1 amide bonds. The molecule has 14 rings (SSSR count). The molecule has 7 N–H and O–H groups in total. The Bertz CT molecular complexity index is 5540. The topological polar surface area (TPSA) is 448 Å². The fourth-order valence-corrected chi connectivity index (χ4v) is 15.5. The highest BCUT2D eigenvalue weighted by Crippen LogP contribution is 2.44. The number of aliphatic hydroxyl groups is 6. The van der Waals surface area contributed by atoms with Gasteiger partial charge < -0.3 is 101 Å². The normalized spacial score (nSPS) is 19.8. The number of fused-ring (bicyclic) bond motifs is 10. The molecule has 1 saturated heterocycles. The second kappa shape index (κ2) is 33.5. The molecule has 33 nitrogen and oxygen atoms in total. The highest BCUT2D eigenvalue weighted by atomic mass is 32.3. The summed E-state index contributed by atoms with van der Waals surface area (Å²) in [7, 11) is -5.11. The molecule has 114 heavy (non-hydrogen) atoms. The number of esters is 2. The molecule has 5 aliphatic heterocycles. The number of carbonyl (C=O) groups is 3. The third-order valence-corrected chi connectivity index (χ3v) is 21.6. The average molecular weight is 1590 g/mol. The molecule has 0 radical (unpaired) electrons. The smallest absolute Gasteiger partial charge is 0.489 e. The van der Waals surface area contributed by atoms with Gasteiger partial charge in [0, 0.05) is 62.2 Å². The summed E-state index contributed by atoms with van der Waals surface area (Å²) in [5, 5.41) is 72.2. The molecule has 9 heterocycles. The van der Waals surface area contributed by atoms with E-state index in [1.165, 1.54) is 18.2 Å². The summed E-state index contributed by atoms with van der Waals surface area (Å²) in [6, 6.07) is 29.1. The first-order valence-corrected chi connectivity index (χ1v) is 38.5. The van der Waals surface area contributed by atoms with Crippen molar-refractivity contribution in [3.05, 3.63) is 207 Å². The van der Waals surface area contributed by atoms with Crippen molar-refractivity contribution < 1.29 is 109 Å². The third kappa shape index (κ3) is 15.7. The van der Waals surface area contributed by atoms with Crippen LogP contribution >= 0.6 is 0 Å². The summed E-state index contributed by atoms with van der Waals surface area (Å²) in [4.78, 5) is 80.2. The number of nitrogens with zero attached hydrogens (tertiary/aromatic N) is 7. The Hall–Kier alpha value is -11.1. The number of pyridine rings is 4. The number of aryl methyl sites for hydroxylation is 2. The molecule has 0 bridgehead atoms. The molecular weight excluding hydrogens is 1500 g/mol. The summed E-state index contributed by atoms with van der Waals surface area (Å²) >= 11 is 0. The number of benzene rings is 5. The van der Waals surface area contributed by atoms with Gasteiger partial charge in [0.15, 0.2) is 22.7 Å². The molecule has 5 aromatic carbocycles. The fraction of sp³-hybridized carbons (Fsp3) is 0.388. The van der Waals surface area contributed by atoms with Crippen molar-refractivity contribution in [2.24, 2.45) is 5.11 Å². The van der Waals surface area contributed by atoms with Gasteiger partial charge in [0.25, 0.3) is 17.0 Å². The number of azide groups is 1. The van der Waals surface area contributed by atoms with Crippen molar-refractivity contribution in [2.45, 2.75) is 141 Å². The van der Waals surface area contributed by atoms with E-state index in [-0.39, 0.29) is 156 Å². The molecule has 1 unspecified atom stereocenters. The summed E-state index contributed by atoms with van der Waals surface area (Å²) in [5.41, 5.74) is 13.2. The minimum atomic E-state index is -5.11. The third-order valence-electron chi connectivity index (χ3n) is 20.9. The zero-order valence-electron chi connectivity index (χ0n) is 62.4. The largest absolute Gasteiger partial charge is 0.501 e. The minimum absolute atomic E-state index is 0.00253. The number of hydrogen-bond acceptors (Lipinski definition) is 28. The van der Waals surface area contributed by atoms with Crippen molar-refractivity contribution in [3.63, 3.8) is 0 Å². The number of ether oxygens (including phenoxy) is 10. The number of rotatable bonds is 33. The predicted molar refractivity (Wildman–Crippen MR) is 404 cm³/mol. The van der Waals surface area contributed by atoms with Gasteiger partial charge in [-0.25, -0.2) is 19.6 Å². The number of nitrogens with one attached hydrogen (secondary N) is 1. The van der Waals surface area contributed by atoms with Crippen LogP contribution in [0.3, 0.4) is 0 Å². The zero-order chi connectivity index (χ0) is 80.3. The summed E-state index contributed by atoms with van der Waals surface area (Å²) in [5.74, 6) is -2.20. The van der Waals surface area contributed by atoms with Crippen LogP contribution in [0.2, 0.25) is 0 Å². The van der Waals surface area contributed by atoms with Gasteiger partial charge in [0.2, 0.25) is 6.29 Å². The molecule has 7 atom stereocenters. The minimum Gasteiger partial charge on any atom is -0.489 e. The SMILES string of the molecule is CCc1c2c(nc3ccc(OCc4ccc(OCc5ccc(OS(=O)(=O)Oc6cc(C(=O)NCCOCCOCCOCCN=[N+]=[N-])ccc6OC6O[C@H](CO)[C@H](O)[C@H](O)[C@H]6O)cc5)c(COc5ccc6nc7c(c(CC)c6c5)Cn5c-7cc6c(c5=O)COC(=O)[C@]6(O)CC)c4)cc13)-c1cc3c(c(=O)n1C2)COC(=O)[C@]3(O)CC. The number of carbonyl (C=O) groups excluding carboxylic acids is 3. The van der Waals surface area contributed by atoms with Gasteiger partial charge >= 0.3 is 22.3 Å². The van der Waals surface area contributed by atoms with Crippen LogP contribution in [0.1, 0.15) is 112 Å². The Morgan fingerprint density at radius 2 is 1.14 bits per heavy atom. The van der Waals surface area contributed by atoms with Gasteiger partial charge in [0.05, 0.1) is 104 Å². The number of hydrogen-bond donors (Lipinski definition) is 7. The second-order valence-electron chi connectivity index (χ2n) is 27.7. The van der Waals surface area contributed by atoms with Crippen molar-refractivity contribution >= 4 is 50.1 Å². The van der Waals surface area contributed by atoms with Gasteiger partial charge in [0.1, 0.15) is 80.4 Å². The highest BCUT2D eigenvalue weighted by molar-refractivity contribution is 7.82. The Balaban J connectivity index is 0.692. The molecule has 0 spiro atoms. The Labute approximate surface area is 650 Å². The summed E-state index contributed by atoms with van der Waals surface area (Å²) < 4.78 is 99.6. The lowest BCUT2D eigenvalue weighted by molar-refractivity contribution is -0.277. The van der Waals surface area contributed by atoms with Crippen molar-refractivity contribution in [1.82, 2.24) is 24.4 Å². The lowest BCUT2D eigenvalue weighted by Gasteiger charge is -2.39. The van der Waals surface area contributed by atoms with Gasteiger partial charge in [-0.15, -0.1) is 8.42 Å². The van der Waals surface area contributed by atoms with Gasteiger partial charge in [-0.05, 0) is 144 Å². The molecular formula is C80H82N8O25S. The molecule has 0 aliphatic carbocycles. The highest BCUT2D eigenvalue weighted by Gasteiger charge is 2.49. The number of aromatic nitrogens is 4. The molecule has 4 aromatic heterocycles. The van der Waals surface area contributed by atoms with E-state index in [0.29, 0.717) is 75.0 Å². The summed E-state index contributed by atoms with van der Waals surface area (Å²) in [6.07, 6.45) is -7.60. The van der Waals surface area contributed by atoms with E-state index in [1.807, 2.05) is 50.2 Å². The van der Waals surface area contributed by atoms with Crippen molar-refractivity contribution in [3.8, 4) is 57.3 Å². The van der Waals surface area contributed by atoms with E-state index < -0.39 is 88.3 Å². The zero-order valence-corrected chi connectivity index (χ0v) is 63.2. The van der Waals surface area contributed by atoms with Crippen LogP contribution in [0.4, 0.5) is 0 Å². The Morgan fingerprint density at radius 1 is 0.605 bits per heavy atom. The van der Waals surface area contributed by atoms with Crippen LogP contribution < -0.4 is 43.7 Å². The van der Waals surface area contributed by atoms with Gasteiger partial charge in [-0.1, -0.05) is 51.0 Å². The van der Waals surface area contributed by atoms with E-state index in [9.17, 15) is 63.0 Å². The molecule has 9 aromatic rings. The first kappa shape index (κ1) is 79.5. The Morgan fingerprint density at radius 3 is 1.70 bits per heavy atom. The van der Waals surface area contributed by atoms with E-state index in [0.717, 1.165) is 50.7 Å². The van der Waals surface area contributed by atoms with Gasteiger partial charge in [-0.2, -0.15) is 0 Å². The lowest BCUT2D eigenvalue weighted by atomic mass is 9.86. The summed E-state index contributed by atoms with van der Waals surface area (Å²) in [6.45, 7) is 7.87. The lowest BCUT2D eigenvalue weighted by Crippen LogP contribution is -2.60. The van der Waals surface area contributed by atoms with Crippen LogP contribution in [-0.2, 0) is 119 Å². The van der Waals surface area contributed by atoms with Crippen LogP contribution in [0, 0.1) is 0 Å². The number of amides is 1. The molecule has 1 fully saturated rings. The molecule has 0 saturated carbocycles. The van der Waals surface area contributed by atoms with E-state index in [2.05, 4.69) is 15.3 Å². The first-order chi connectivity index (χ1) is 55.0. The average Bonchev–Trinajstić information content (AvgIpc) is 1.52. The maximum absolute atomic E-state index is 14.1. The second-order valence-corrected chi connectivity index (χ2v) is 28.8. The van der Waals surface area contributed by atoms with E-state index >= 15 is 0 Å². The molecule has 34 heteroatoms. The van der Waals surface area contributed by atoms with Crippen LogP contribution in [0.25, 0.3) is 55.0 Å². The maximum Gasteiger partial charge on any atom is 0.501 e. The molecule has 5 aliphatic rings. The van der Waals surface area contributed by atoms with Crippen LogP contribution in [0.15, 0.2) is 124 Å². The Kier molecular flexibility index (Phi) is 23.4. The quantitative estimate of drug-likeness (QED) is 0.00779. The van der Waals surface area contributed by atoms with Crippen LogP contribution in [0.5, 0.6) is 34.5 Å². The number of cyclic esters (lactones) is 2. The fourth-order valence-electron chi connectivity index (χ4n) is 14.8. The maximum atomic E-state index is 14.1. The van der Waals surface area contributed by atoms with Crippen molar-refractivity contribution in [1.29, 1.82) is 0 Å². The van der Waals surface area contributed by atoms with E-state index in [1.54, 1.807) is 65.4 Å².